The largest absolute Gasteiger partial charge is 0.488 e. The van der Waals surface area contributed by atoms with Crippen LogP contribution in [0.25, 0.3) is 0 Å². The van der Waals surface area contributed by atoms with Crippen molar-refractivity contribution < 1.29 is 19.0 Å². The molecular weight excluding hydrogens is 329 g/mol. The van der Waals surface area contributed by atoms with Crippen LogP contribution in [-0.4, -0.2) is 11.1 Å². The van der Waals surface area contributed by atoms with Crippen LogP contribution in [0.2, 0.25) is 0 Å². The van der Waals surface area contributed by atoms with Crippen LogP contribution in [0.5, 0.6) is 5.75 Å². The smallest absolute Gasteiger partial charge is 0.341 e. The number of nitrogen functional groups attached to an aromatic ring is 1. The molecule has 0 heterocycles. The molecule has 0 saturated carbocycles. The molecule has 0 atom stereocenters. The van der Waals surface area contributed by atoms with E-state index in [9.17, 15) is 9.18 Å². The zero-order chi connectivity index (χ0) is 14.7. The van der Waals surface area contributed by atoms with Crippen molar-refractivity contribution in [3.63, 3.8) is 0 Å². The highest BCUT2D eigenvalue weighted by molar-refractivity contribution is 9.10. The molecule has 0 amide bonds. The number of carboxylic acids is 1. The molecule has 6 heteroatoms. The summed E-state index contributed by atoms with van der Waals surface area (Å²) in [4.78, 5) is 11.1. The van der Waals surface area contributed by atoms with Crippen LogP contribution in [0.4, 0.5) is 10.1 Å². The molecule has 2 rings (SSSR count). The van der Waals surface area contributed by atoms with Crippen LogP contribution in [0, 0.1) is 5.82 Å². The Labute approximate surface area is 123 Å². The predicted molar refractivity (Wildman–Crippen MR) is 76.2 cm³/mol. The van der Waals surface area contributed by atoms with Crippen LogP contribution in [0.1, 0.15) is 15.9 Å². The van der Waals surface area contributed by atoms with Gasteiger partial charge < -0.3 is 15.6 Å². The number of ether oxygens (including phenoxy) is 1. The van der Waals surface area contributed by atoms with Gasteiger partial charge in [0.15, 0.2) is 0 Å². The molecule has 0 radical (unpaired) electrons. The maximum Gasteiger partial charge on any atom is 0.341 e. The predicted octanol–water partition coefficient (Wildman–Crippen LogP) is 3.45. The summed E-state index contributed by atoms with van der Waals surface area (Å²) < 4.78 is 19.0. The maximum atomic E-state index is 13.0. The third-order valence-electron chi connectivity index (χ3n) is 2.67. The van der Waals surface area contributed by atoms with Crippen LogP contribution in [-0.2, 0) is 6.61 Å². The number of benzene rings is 2. The molecular formula is C14H11BrFNO3. The molecule has 20 heavy (non-hydrogen) atoms. The first-order valence-corrected chi connectivity index (χ1v) is 6.47. The van der Waals surface area contributed by atoms with E-state index in [2.05, 4.69) is 15.9 Å². The summed E-state index contributed by atoms with van der Waals surface area (Å²) in [5.41, 5.74) is 6.38. The highest BCUT2D eigenvalue weighted by Gasteiger charge is 2.15. The highest BCUT2D eigenvalue weighted by Crippen LogP contribution is 2.26. The first-order valence-electron chi connectivity index (χ1n) is 5.67. The van der Waals surface area contributed by atoms with Gasteiger partial charge in [0.2, 0.25) is 0 Å². The summed E-state index contributed by atoms with van der Waals surface area (Å²) in [6.07, 6.45) is 0. The fourth-order valence-corrected chi connectivity index (χ4v) is 2.16. The van der Waals surface area contributed by atoms with Gasteiger partial charge in [-0.1, -0.05) is 28.1 Å². The van der Waals surface area contributed by atoms with Gasteiger partial charge in [0.1, 0.15) is 23.7 Å². The minimum atomic E-state index is -1.16. The summed E-state index contributed by atoms with van der Waals surface area (Å²) in [6, 6.07) is 8.81. The van der Waals surface area contributed by atoms with Crippen molar-refractivity contribution in [1.29, 1.82) is 0 Å². The number of hydrogen-bond acceptors (Lipinski definition) is 3. The van der Waals surface area contributed by atoms with Crippen molar-refractivity contribution in [2.75, 3.05) is 5.73 Å². The number of rotatable bonds is 4. The Morgan fingerprint density at radius 2 is 2.10 bits per heavy atom. The molecule has 0 saturated heterocycles. The van der Waals surface area contributed by atoms with E-state index in [4.69, 9.17) is 15.6 Å². The quantitative estimate of drug-likeness (QED) is 0.837. The molecule has 2 aromatic rings. The Bertz CT molecular complexity index is 661. The van der Waals surface area contributed by atoms with E-state index in [-0.39, 0.29) is 29.4 Å². The van der Waals surface area contributed by atoms with Gasteiger partial charge in [-0.3, -0.25) is 0 Å². The van der Waals surface area contributed by atoms with E-state index in [0.29, 0.717) is 10.0 Å². The first kappa shape index (κ1) is 14.3. The molecule has 0 aliphatic carbocycles. The summed E-state index contributed by atoms with van der Waals surface area (Å²) in [5.74, 6) is -1.35. The van der Waals surface area contributed by atoms with Crippen molar-refractivity contribution in [3.05, 3.63) is 57.8 Å². The summed E-state index contributed by atoms with van der Waals surface area (Å²) in [6.45, 7) is 0.102. The normalized spacial score (nSPS) is 10.3. The van der Waals surface area contributed by atoms with Crippen LogP contribution < -0.4 is 10.5 Å². The fourth-order valence-electron chi connectivity index (χ4n) is 1.69. The number of carbonyl (C=O) groups is 1. The minimum absolute atomic E-state index is 0.0780. The molecule has 0 aliphatic rings. The molecule has 0 bridgehead atoms. The third-order valence-corrected chi connectivity index (χ3v) is 3.41. The topological polar surface area (TPSA) is 72.5 Å². The fraction of sp³-hybridized carbons (Fsp3) is 0.0714. The minimum Gasteiger partial charge on any atom is -0.488 e. The lowest BCUT2D eigenvalue weighted by Gasteiger charge is -2.11. The zero-order valence-electron chi connectivity index (χ0n) is 10.3. The van der Waals surface area contributed by atoms with E-state index in [1.807, 2.05) is 0 Å². The standard InChI is InChI=1S/C14H11BrFNO3/c15-10-6-9(16)5-4-8(10)7-20-12-3-1-2-11(17)13(12)14(18)19/h1-6H,7,17H2,(H,18,19). The number of nitrogens with two attached hydrogens (primary N) is 1. The van der Waals surface area contributed by atoms with E-state index < -0.39 is 5.97 Å². The molecule has 4 nitrogen and oxygen atoms in total. The van der Waals surface area contributed by atoms with Crippen LogP contribution >= 0.6 is 15.9 Å². The van der Waals surface area contributed by atoms with Crippen molar-refractivity contribution in [2.24, 2.45) is 0 Å². The zero-order valence-corrected chi connectivity index (χ0v) is 11.9. The lowest BCUT2D eigenvalue weighted by Crippen LogP contribution is -2.07. The number of anilines is 1. The summed E-state index contributed by atoms with van der Waals surface area (Å²) in [7, 11) is 0. The Hall–Kier alpha value is -2.08. The molecule has 3 N–H and O–H groups in total. The van der Waals surface area contributed by atoms with Crippen molar-refractivity contribution in [3.8, 4) is 5.75 Å². The lowest BCUT2D eigenvalue weighted by atomic mass is 10.1. The number of aromatic carboxylic acids is 1. The molecule has 0 aromatic heterocycles. The van der Waals surface area contributed by atoms with E-state index in [1.54, 1.807) is 12.1 Å². The molecule has 0 unspecified atom stereocenters. The average molecular weight is 340 g/mol. The first-order chi connectivity index (χ1) is 9.49. The molecule has 0 aliphatic heterocycles. The van der Waals surface area contributed by atoms with Crippen LogP contribution in [0.15, 0.2) is 40.9 Å². The second kappa shape index (κ2) is 5.92. The second-order valence-electron chi connectivity index (χ2n) is 4.05. The molecule has 0 spiro atoms. The lowest BCUT2D eigenvalue weighted by molar-refractivity contribution is 0.0693. The maximum absolute atomic E-state index is 13.0. The second-order valence-corrected chi connectivity index (χ2v) is 4.90. The Kier molecular flexibility index (Phi) is 4.24. The van der Waals surface area contributed by atoms with Crippen LogP contribution in [0.3, 0.4) is 0 Å². The van der Waals surface area contributed by atoms with E-state index in [1.165, 1.54) is 24.3 Å². The molecule has 2 aromatic carbocycles. The average Bonchev–Trinajstić information content (AvgIpc) is 2.37. The van der Waals surface area contributed by atoms with Crippen molar-refractivity contribution >= 4 is 27.6 Å². The van der Waals surface area contributed by atoms with Gasteiger partial charge in [0.25, 0.3) is 0 Å². The number of carboxylic acid groups (broad SMARTS) is 1. The van der Waals surface area contributed by atoms with E-state index >= 15 is 0 Å². The van der Waals surface area contributed by atoms with Gasteiger partial charge in [0.05, 0.1) is 0 Å². The monoisotopic (exact) mass is 339 g/mol. The van der Waals surface area contributed by atoms with E-state index in [0.717, 1.165) is 0 Å². The molecule has 0 fully saturated rings. The van der Waals surface area contributed by atoms with Crippen molar-refractivity contribution in [1.82, 2.24) is 0 Å². The Morgan fingerprint density at radius 1 is 1.35 bits per heavy atom. The number of hydrogen-bond donors (Lipinski definition) is 2. The Morgan fingerprint density at radius 3 is 2.75 bits per heavy atom. The highest BCUT2D eigenvalue weighted by atomic mass is 79.9. The third kappa shape index (κ3) is 3.08. The SMILES string of the molecule is Nc1cccc(OCc2ccc(F)cc2Br)c1C(=O)O. The Balaban J connectivity index is 2.23. The van der Waals surface area contributed by atoms with Gasteiger partial charge in [-0.2, -0.15) is 0 Å². The summed E-state index contributed by atoms with van der Waals surface area (Å²) >= 11 is 3.22. The van der Waals surface area contributed by atoms with Gasteiger partial charge >= 0.3 is 5.97 Å². The summed E-state index contributed by atoms with van der Waals surface area (Å²) in [5, 5.41) is 9.12. The van der Waals surface area contributed by atoms with Gasteiger partial charge in [-0.25, -0.2) is 9.18 Å². The van der Waals surface area contributed by atoms with Gasteiger partial charge in [0, 0.05) is 15.7 Å². The number of halogens is 2. The van der Waals surface area contributed by atoms with Gasteiger partial charge in [-0.05, 0) is 24.3 Å². The molecule has 104 valence electrons. The van der Waals surface area contributed by atoms with Crippen molar-refractivity contribution in [2.45, 2.75) is 6.61 Å². The van der Waals surface area contributed by atoms with Gasteiger partial charge in [-0.15, -0.1) is 0 Å².